The molecule has 0 heterocycles. The maximum atomic E-state index is 11.7. The van der Waals surface area contributed by atoms with E-state index < -0.39 is 12.6 Å². The molecule has 8 heteroatoms. The van der Waals surface area contributed by atoms with Crippen molar-refractivity contribution in [3.05, 3.63) is 0 Å². The molecule has 0 fully saturated rings. The van der Waals surface area contributed by atoms with Crippen molar-refractivity contribution in [3.63, 3.8) is 0 Å². The number of urea groups is 1. The van der Waals surface area contributed by atoms with Gasteiger partial charge in [-0.3, -0.25) is 4.79 Å². The fourth-order valence-electron chi connectivity index (χ4n) is 1.28. The van der Waals surface area contributed by atoms with E-state index in [2.05, 4.69) is 10.6 Å². The Bertz CT molecular complexity index is 309. The van der Waals surface area contributed by atoms with Gasteiger partial charge in [0, 0.05) is 20.1 Å². The van der Waals surface area contributed by atoms with Gasteiger partial charge in [0.25, 0.3) is 0 Å². The van der Waals surface area contributed by atoms with Crippen LogP contribution in [0.1, 0.15) is 13.3 Å². The number of aliphatic carboxylic acids is 1. The molecule has 0 unspecified atom stereocenters. The quantitative estimate of drug-likeness (QED) is 0.480. The number of carboxylic acids is 1. The lowest BCUT2D eigenvalue weighted by molar-refractivity contribution is -0.142. The van der Waals surface area contributed by atoms with Gasteiger partial charge in [0.2, 0.25) is 5.91 Å². The molecular formula is C11H21N3O5. The zero-order chi connectivity index (χ0) is 14.7. The summed E-state index contributed by atoms with van der Waals surface area (Å²) in [5.74, 6) is -1.30. The summed E-state index contributed by atoms with van der Waals surface area (Å²) in [6, 6.07) is -0.371. The van der Waals surface area contributed by atoms with Crippen LogP contribution in [0.15, 0.2) is 0 Å². The number of nitrogens with zero attached hydrogens (tertiary/aromatic N) is 1. The lowest BCUT2D eigenvalue weighted by Crippen LogP contribution is -2.46. The van der Waals surface area contributed by atoms with Crippen LogP contribution in [0.2, 0.25) is 0 Å². The number of ether oxygens (including phenoxy) is 1. The van der Waals surface area contributed by atoms with Crippen LogP contribution in [-0.2, 0) is 14.3 Å². The van der Waals surface area contributed by atoms with Crippen molar-refractivity contribution in [1.29, 1.82) is 0 Å². The summed E-state index contributed by atoms with van der Waals surface area (Å²) in [4.78, 5) is 34.5. The molecule has 0 radical (unpaired) electrons. The predicted molar refractivity (Wildman–Crippen MR) is 67.8 cm³/mol. The summed E-state index contributed by atoms with van der Waals surface area (Å²) in [6.07, 6.45) is 0.736. The van der Waals surface area contributed by atoms with Crippen LogP contribution < -0.4 is 10.6 Å². The second kappa shape index (κ2) is 10.1. The summed E-state index contributed by atoms with van der Waals surface area (Å²) in [5, 5.41) is 13.3. The minimum Gasteiger partial charge on any atom is -0.480 e. The van der Waals surface area contributed by atoms with Crippen molar-refractivity contribution in [2.24, 2.45) is 0 Å². The fourth-order valence-corrected chi connectivity index (χ4v) is 1.28. The molecule has 0 aliphatic heterocycles. The van der Waals surface area contributed by atoms with Crippen LogP contribution in [0, 0.1) is 0 Å². The average molecular weight is 275 g/mol. The molecule has 0 spiro atoms. The van der Waals surface area contributed by atoms with Gasteiger partial charge >= 0.3 is 12.0 Å². The Morgan fingerprint density at radius 3 is 2.53 bits per heavy atom. The van der Waals surface area contributed by atoms with E-state index in [1.807, 2.05) is 6.92 Å². The number of hydrogen-bond donors (Lipinski definition) is 3. The van der Waals surface area contributed by atoms with E-state index >= 15 is 0 Å². The summed E-state index contributed by atoms with van der Waals surface area (Å²) in [7, 11) is 1.50. The summed E-state index contributed by atoms with van der Waals surface area (Å²) >= 11 is 0. The maximum Gasteiger partial charge on any atom is 0.329 e. The molecule has 0 rings (SSSR count). The second-order valence-corrected chi connectivity index (χ2v) is 3.77. The van der Waals surface area contributed by atoms with E-state index in [4.69, 9.17) is 9.84 Å². The van der Waals surface area contributed by atoms with E-state index in [1.165, 1.54) is 11.9 Å². The molecule has 110 valence electrons. The Balaban J connectivity index is 3.97. The van der Waals surface area contributed by atoms with Crippen molar-refractivity contribution in [1.82, 2.24) is 15.5 Å². The number of rotatable bonds is 9. The van der Waals surface area contributed by atoms with Crippen LogP contribution in [-0.4, -0.2) is 67.8 Å². The largest absolute Gasteiger partial charge is 0.480 e. The van der Waals surface area contributed by atoms with Crippen LogP contribution in [0.4, 0.5) is 4.79 Å². The van der Waals surface area contributed by atoms with Crippen molar-refractivity contribution >= 4 is 17.9 Å². The van der Waals surface area contributed by atoms with Crippen LogP contribution in [0.3, 0.4) is 0 Å². The molecule has 0 aromatic heterocycles. The standard InChI is InChI=1S/C11H21N3O5/c1-3-5-14(7-9(15)12-2)11(18)13-4-6-19-8-10(16)17/h3-8H2,1-2H3,(H,12,15)(H,13,18)(H,16,17). The van der Waals surface area contributed by atoms with Gasteiger partial charge in [-0.1, -0.05) is 6.92 Å². The Kier molecular flexibility index (Phi) is 9.15. The number of carbonyl (C=O) groups is 3. The van der Waals surface area contributed by atoms with Gasteiger partial charge in [0.1, 0.15) is 13.2 Å². The normalized spacial score (nSPS) is 9.79. The first-order valence-electron chi connectivity index (χ1n) is 6.04. The van der Waals surface area contributed by atoms with Gasteiger partial charge in [0.05, 0.1) is 6.61 Å². The van der Waals surface area contributed by atoms with Crippen LogP contribution in [0.25, 0.3) is 0 Å². The highest BCUT2D eigenvalue weighted by atomic mass is 16.5. The van der Waals surface area contributed by atoms with Gasteiger partial charge in [-0.15, -0.1) is 0 Å². The van der Waals surface area contributed by atoms with Crippen LogP contribution in [0.5, 0.6) is 0 Å². The third-order valence-corrected chi connectivity index (χ3v) is 2.14. The predicted octanol–water partition coefficient (Wildman–Crippen LogP) is -0.745. The fraction of sp³-hybridized carbons (Fsp3) is 0.727. The van der Waals surface area contributed by atoms with E-state index in [0.29, 0.717) is 6.54 Å². The molecule has 8 nitrogen and oxygen atoms in total. The van der Waals surface area contributed by atoms with Gasteiger partial charge in [-0.2, -0.15) is 0 Å². The van der Waals surface area contributed by atoms with Crippen molar-refractivity contribution < 1.29 is 24.2 Å². The minimum absolute atomic E-state index is 0.00778. The van der Waals surface area contributed by atoms with Gasteiger partial charge < -0.3 is 25.4 Å². The second-order valence-electron chi connectivity index (χ2n) is 3.77. The lowest BCUT2D eigenvalue weighted by Gasteiger charge is -2.21. The molecule has 0 atom stereocenters. The zero-order valence-electron chi connectivity index (χ0n) is 11.3. The molecule has 0 aromatic carbocycles. The molecular weight excluding hydrogens is 254 g/mol. The highest BCUT2D eigenvalue weighted by Crippen LogP contribution is 1.92. The highest BCUT2D eigenvalue weighted by Gasteiger charge is 2.14. The van der Waals surface area contributed by atoms with Gasteiger partial charge in [-0.05, 0) is 6.42 Å². The summed E-state index contributed by atoms with van der Waals surface area (Å²) in [5.41, 5.74) is 0. The van der Waals surface area contributed by atoms with Crippen molar-refractivity contribution in [2.45, 2.75) is 13.3 Å². The molecule has 0 aromatic rings. The first kappa shape index (κ1) is 17.2. The summed E-state index contributed by atoms with van der Waals surface area (Å²) < 4.78 is 4.78. The first-order chi connectivity index (χ1) is 9.01. The minimum atomic E-state index is -1.06. The number of amides is 3. The Labute approximate surface area is 112 Å². The first-order valence-corrected chi connectivity index (χ1v) is 6.04. The van der Waals surface area contributed by atoms with Crippen molar-refractivity contribution in [2.75, 3.05) is 39.9 Å². The highest BCUT2D eigenvalue weighted by molar-refractivity contribution is 5.83. The molecule has 3 N–H and O–H groups in total. The molecule has 3 amide bonds. The molecule has 19 heavy (non-hydrogen) atoms. The smallest absolute Gasteiger partial charge is 0.329 e. The van der Waals surface area contributed by atoms with E-state index in [9.17, 15) is 14.4 Å². The van der Waals surface area contributed by atoms with Crippen molar-refractivity contribution in [3.8, 4) is 0 Å². The van der Waals surface area contributed by atoms with Gasteiger partial charge in [0.15, 0.2) is 0 Å². The van der Waals surface area contributed by atoms with Crippen LogP contribution >= 0.6 is 0 Å². The number of likely N-dealkylation sites (N-methyl/N-ethyl adjacent to an activating group) is 1. The molecule has 0 bridgehead atoms. The number of carbonyl (C=O) groups excluding carboxylic acids is 2. The zero-order valence-corrected chi connectivity index (χ0v) is 11.3. The molecule has 0 saturated heterocycles. The SMILES string of the molecule is CCCN(CC(=O)NC)C(=O)NCCOCC(=O)O. The number of carboxylic acid groups (broad SMARTS) is 1. The third kappa shape index (κ3) is 8.83. The maximum absolute atomic E-state index is 11.7. The topological polar surface area (TPSA) is 108 Å². The Hall–Kier alpha value is -1.83. The molecule has 0 saturated carbocycles. The molecule has 0 aliphatic rings. The third-order valence-electron chi connectivity index (χ3n) is 2.14. The molecule has 0 aliphatic carbocycles. The van der Waals surface area contributed by atoms with Gasteiger partial charge in [-0.25, -0.2) is 9.59 Å². The van der Waals surface area contributed by atoms with E-state index in [1.54, 1.807) is 0 Å². The van der Waals surface area contributed by atoms with E-state index in [0.717, 1.165) is 6.42 Å². The number of nitrogens with one attached hydrogen (secondary N) is 2. The summed E-state index contributed by atoms with van der Waals surface area (Å²) in [6.45, 7) is 2.27. The van der Waals surface area contributed by atoms with E-state index in [-0.39, 0.29) is 31.6 Å². The Morgan fingerprint density at radius 2 is 2.00 bits per heavy atom. The lowest BCUT2D eigenvalue weighted by atomic mass is 10.4. The number of hydrogen-bond acceptors (Lipinski definition) is 4. The monoisotopic (exact) mass is 275 g/mol. The average Bonchev–Trinajstić information content (AvgIpc) is 2.37. The Morgan fingerprint density at radius 1 is 1.32 bits per heavy atom.